The standard InChI is InChI=1S/C13H23ClN4O/c1-9(2)18(10(3)4)6-7-19-12-11(14)8-16-13(15-5)17-12/h8-10H,6-7H2,1-5H3,(H,15,16,17). The number of rotatable bonds is 7. The van der Waals surface area contributed by atoms with Crippen molar-refractivity contribution in [2.45, 2.75) is 39.8 Å². The fourth-order valence-electron chi connectivity index (χ4n) is 1.93. The smallest absolute Gasteiger partial charge is 0.237 e. The second kappa shape index (κ2) is 7.50. The van der Waals surface area contributed by atoms with Crippen LogP contribution in [0.25, 0.3) is 0 Å². The van der Waals surface area contributed by atoms with Crippen LogP contribution >= 0.6 is 11.6 Å². The number of nitrogens with zero attached hydrogens (tertiary/aromatic N) is 3. The van der Waals surface area contributed by atoms with Gasteiger partial charge in [-0.1, -0.05) is 11.6 Å². The molecule has 1 aromatic heterocycles. The van der Waals surface area contributed by atoms with Gasteiger partial charge in [0.15, 0.2) is 0 Å². The van der Waals surface area contributed by atoms with Crippen molar-refractivity contribution in [3.63, 3.8) is 0 Å². The summed E-state index contributed by atoms with van der Waals surface area (Å²) in [6, 6.07) is 0.967. The molecule has 1 N–H and O–H groups in total. The fourth-order valence-corrected chi connectivity index (χ4v) is 2.08. The summed E-state index contributed by atoms with van der Waals surface area (Å²) in [5.74, 6) is 0.928. The van der Waals surface area contributed by atoms with E-state index < -0.39 is 0 Å². The normalized spacial score (nSPS) is 11.4. The van der Waals surface area contributed by atoms with E-state index in [4.69, 9.17) is 16.3 Å². The molecule has 0 unspecified atom stereocenters. The highest BCUT2D eigenvalue weighted by atomic mass is 35.5. The van der Waals surface area contributed by atoms with Crippen LogP contribution in [0, 0.1) is 0 Å². The number of nitrogens with one attached hydrogen (secondary N) is 1. The van der Waals surface area contributed by atoms with Crippen LogP contribution in [0.4, 0.5) is 5.95 Å². The minimum Gasteiger partial charge on any atom is -0.475 e. The van der Waals surface area contributed by atoms with Crippen LogP contribution in [0.1, 0.15) is 27.7 Å². The summed E-state index contributed by atoms with van der Waals surface area (Å²) in [6.45, 7) is 10.1. The third kappa shape index (κ3) is 4.84. The minimum atomic E-state index is 0.425. The molecular weight excluding hydrogens is 264 g/mol. The first-order valence-electron chi connectivity index (χ1n) is 6.54. The molecule has 1 rings (SSSR count). The summed E-state index contributed by atoms with van der Waals surface area (Å²) < 4.78 is 5.65. The minimum absolute atomic E-state index is 0.425. The summed E-state index contributed by atoms with van der Waals surface area (Å²) in [5.41, 5.74) is 0. The Morgan fingerprint density at radius 3 is 2.47 bits per heavy atom. The highest BCUT2D eigenvalue weighted by molar-refractivity contribution is 6.31. The third-order valence-corrected chi connectivity index (χ3v) is 3.11. The maximum atomic E-state index is 6.00. The van der Waals surface area contributed by atoms with E-state index in [0.29, 0.717) is 35.5 Å². The molecular formula is C13H23ClN4O. The molecule has 0 aliphatic carbocycles. The highest BCUT2D eigenvalue weighted by Crippen LogP contribution is 2.21. The van der Waals surface area contributed by atoms with Crippen molar-refractivity contribution < 1.29 is 4.74 Å². The Labute approximate surface area is 120 Å². The van der Waals surface area contributed by atoms with Gasteiger partial charge in [0.1, 0.15) is 11.6 Å². The zero-order chi connectivity index (χ0) is 14.4. The van der Waals surface area contributed by atoms with E-state index in [0.717, 1.165) is 6.54 Å². The Kier molecular flexibility index (Phi) is 6.31. The van der Waals surface area contributed by atoms with Gasteiger partial charge in [-0.3, -0.25) is 4.90 Å². The molecule has 0 aliphatic heterocycles. The summed E-state index contributed by atoms with van der Waals surface area (Å²) in [6.07, 6.45) is 1.54. The molecule has 108 valence electrons. The molecule has 0 bridgehead atoms. The van der Waals surface area contributed by atoms with Gasteiger partial charge in [0.25, 0.3) is 0 Å². The van der Waals surface area contributed by atoms with Crippen molar-refractivity contribution in [2.24, 2.45) is 0 Å². The van der Waals surface area contributed by atoms with Crippen LogP contribution in [0.15, 0.2) is 6.20 Å². The molecule has 1 heterocycles. The van der Waals surface area contributed by atoms with E-state index in [-0.39, 0.29) is 0 Å². The largest absolute Gasteiger partial charge is 0.475 e. The molecule has 19 heavy (non-hydrogen) atoms. The molecule has 0 aliphatic rings. The molecule has 6 heteroatoms. The summed E-state index contributed by atoms with van der Waals surface area (Å²) >= 11 is 6.00. The van der Waals surface area contributed by atoms with Crippen LogP contribution in [0.2, 0.25) is 5.02 Å². The van der Waals surface area contributed by atoms with Gasteiger partial charge in [-0.15, -0.1) is 0 Å². The van der Waals surface area contributed by atoms with E-state index >= 15 is 0 Å². The van der Waals surface area contributed by atoms with Gasteiger partial charge < -0.3 is 10.1 Å². The predicted octanol–water partition coefficient (Wildman–Crippen LogP) is 2.67. The average molecular weight is 287 g/mol. The van der Waals surface area contributed by atoms with E-state index in [1.807, 2.05) is 0 Å². The molecule has 0 spiro atoms. The maximum absolute atomic E-state index is 6.00. The lowest BCUT2D eigenvalue weighted by atomic mass is 10.2. The SMILES string of the molecule is CNc1ncc(Cl)c(OCCN(C(C)C)C(C)C)n1. The molecule has 1 aromatic rings. The van der Waals surface area contributed by atoms with Gasteiger partial charge in [-0.05, 0) is 27.7 Å². The van der Waals surface area contributed by atoms with Crippen LogP contribution in [0.5, 0.6) is 5.88 Å². The van der Waals surface area contributed by atoms with Gasteiger partial charge >= 0.3 is 0 Å². The molecule has 0 saturated carbocycles. The molecule has 0 fully saturated rings. The topological polar surface area (TPSA) is 50.3 Å². The average Bonchev–Trinajstić information content (AvgIpc) is 2.35. The molecule has 0 aromatic carbocycles. The van der Waals surface area contributed by atoms with Crippen LogP contribution in [0.3, 0.4) is 0 Å². The maximum Gasteiger partial charge on any atom is 0.237 e. The zero-order valence-corrected chi connectivity index (χ0v) is 13.0. The first kappa shape index (κ1) is 16.0. The quantitative estimate of drug-likeness (QED) is 0.835. The number of ether oxygens (including phenoxy) is 1. The first-order chi connectivity index (χ1) is 8.95. The Morgan fingerprint density at radius 1 is 1.32 bits per heavy atom. The molecule has 0 radical (unpaired) electrons. The molecule has 0 saturated heterocycles. The van der Waals surface area contributed by atoms with Crippen molar-refractivity contribution in [1.82, 2.24) is 14.9 Å². The number of halogens is 1. The summed E-state index contributed by atoms with van der Waals surface area (Å²) in [4.78, 5) is 10.6. The van der Waals surface area contributed by atoms with Crippen LogP contribution in [-0.2, 0) is 0 Å². The fraction of sp³-hybridized carbons (Fsp3) is 0.692. The van der Waals surface area contributed by atoms with Crippen LogP contribution < -0.4 is 10.1 Å². The summed E-state index contributed by atoms with van der Waals surface area (Å²) in [5, 5.41) is 3.29. The summed E-state index contributed by atoms with van der Waals surface area (Å²) in [7, 11) is 1.76. The Hall–Kier alpha value is -1.07. The van der Waals surface area contributed by atoms with Crippen molar-refractivity contribution >= 4 is 17.5 Å². The zero-order valence-electron chi connectivity index (χ0n) is 12.3. The Balaban J connectivity index is 2.57. The van der Waals surface area contributed by atoms with Gasteiger partial charge in [-0.25, -0.2) is 4.98 Å². The molecule has 0 atom stereocenters. The lowest BCUT2D eigenvalue weighted by Gasteiger charge is -2.30. The second-order valence-electron chi connectivity index (χ2n) is 4.87. The third-order valence-electron chi connectivity index (χ3n) is 2.85. The first-order valence-corrected chi connectivity index (χ1v) is 6.92. The number of aromatic nitrogens is 2. The number of hydrogen-bond donors (Lipinski definition) is 1. The van der Waals surface area contributed by atoms with Crippen LogP contribution in [-0.4, -0.2) is 47.2 Å². The molecule has 0 amide bonds. The molecule has 5 nitrogen and oxygen atoms in total. The number of anilines is 1. The van der Waals surface area contributed by atoms with Gasteiger partial charge in [0.05, 0.1) is 6.20 Å². The lowest BCUT2D eigenvalue weighted by Crippen LogP contribution is -2.39. The van der Waals surface area contributed by atoms with Gasteiger partial charge in [0.2, 0.25) is 11.8 Å². The van der Waals surface area contributed by atoms with Crippen molar-refractivity contribution in [1.29, 1.82) is 0 Å². The van der Waals surface area contributed by atoms with Crippen molar-refractivity contribution in [3.8, 4) is 5.88 Å². The number of hydrogen-bond acceptors (Lipinski definition) is 5. The lowest BCUT2D eigenvalue weighted by molar-refractivity contribution is 0.140. The van der Waals surface area contributed by atoms with Gasteiger partial charge in [0, 0.05) is 25.7 Å². The van der Waals surface area contributed by atoms with E-state index in [1.165, 1.54) is 0 Å². The highest BCUT2D eigenvalue weighted by Gasteiger charge is 2.13. The van der Waals surface area contributed by atoms with Gasteiger partial charge in [-0.2, -0.15) is 4.98 Å². The predicted molar refractivity (Wildman–Crippen MR) is 79.1 cm³/mol. The van der Waals surface area contributed by atoms with E-state index in [2.05, 4.69) is 47.9 Å². The second-order valence-corrected chi connectivity index (χ2v) is 5.28. The van der Waals surface area contributed by atoms with E-state index in [1.54, 1.807) is 13.2 Å². The van der Waals surface area contributed by atoms with Crippen molar-refractivity contribution in [2.75, 3.05) is 25.5 Å². The monoisotopic (exact) mass is 286 g/mol. The van der Waals surface area contributed by atoms with Crippen molar-refractivity contribution in [3.05, 3.63) is 11.2 Å². The Bertz CT molecular complexity index is 390. The Morgan fingerprint density at radius 2 is 1.95 bits per heavy atom. The van der Waals surface area contributed by atoms with E-state index in [9.17, 15) is 0 Å².